The maximum atomic E-state index is 9.65. The van der Waals surface area contributed by atoms with Crippen LogP contribution in [-0.2, 0) is 0 Å². The number of aromatic nitrogens is 1. The van der Waals surface area contributed by atoms with Crippen molar-refractivity contribution >= 4 is 5.82 Å². The van der Waals surface area contributed by atoms with Crippen LogP contribution in [0.3, 0.4) is 0 Å². The summed E-state index contributed by atoms with van der Waals surface area (Å²) in [4.78, 5) is 6.65. The van der Waals surface area contributed by atoms with E-state index < -0.39 is 0 Å². The first-order valence-electron chi connectivity index (χ1n) is 6.07. The number of nitrogens with zero attached hydrogens (tertiary/aromatic N) is 2. The number of hydrogen-bond donors (Lipinski definition) is 2. The van der Waals surface area contributed by atoms with Crippen LogP contribution in [0.5, 0.6) is 0 Å². The minimum absolute atomic E-state index is 0.177. The van der Waals surface area contributed by atoms with Gasteiger partial charge in [-0.15, -0.1) is 0 Å². The molecule has 0 bridgehead atoms. The number of pyridine rings is 1. The van der Waals surface area contributed by atoms with Gasteiger partial charge in [-0.05, 0) is 25.0 Å². The van der Waals surface area contributed by atoms with Crippen molar-refractivity contribution in [1.29, 1.82) is 0 Å². The zero-order valence-corrected chi connectivity index (χ0v) is 9.98. The zero-order valence-electron chi connectivity index (χ0n) is 9.98. The van der Waals surface area contributed by atoms with Crippen molar-refractivity contribution in [3.8, 4) is 0 Å². The lowest BCUT2D eigenvalue weighted by Gasteiger charge is -2.43. The van der Waals surface area contributed by atoms with Crippen LogP contribution < -0.4 is 5.32 Å². The van der Waals surface area contributed by atoms with E-state index in [9.17, 15) is 5.11 Å². The molecule has 0 saturated carbocycles. The van der Waals surface area contributed by atoms with E-state index in [4.69, 9.17) is 0 Å². The number of fused-ring (bicyclic) bond motifs is 1. The molecule has 0 aromatic carbocycles. The van der Waals surface area contributed by atoms with E-state index in [0.717, 1.165) is 37.3 Å². The summed E-state index contributed by atoms with van der Waals surface area (Å²) in [6.07, 6.45) is 3.34. The van der Waals surface area contributed by atoms with E-state index in [2.05, 4.69) is 15.2 Å². The Morgan fingerprint density at radius 1 is 1.47 bits per heavy atom. The molecular formula is C13H17N3O. The van der Waals surface area contributed by atoms with Gasteiger partial charge in [0.15, 0.2) is 0 Å². The molecule has 0 aliphatic carbocycles. The summed E-state index contributed by atoms with van der Waals surface area (Å²) in [5.41, 5.74) is 3.63. The number of rotatable bonds is 2. The summed E-state index contributed by atoms with van der Waals surface area (Å²) in [5.74, 6) is 0.887. The van der Waals surface area contributed by atoms with Gasteiger partial charge in [0.2, 0.25) is 0 Å². The summed E-state index contributed by atoms with van der Waals surface area (Å²) in [5, 5.41) is 13.0. The monoisotopic (exact) mass is 231 g/mol. The molecule has 2 aliphatic heterocycles. The second-order valence-corrected chi connectivity index (χ2v) is 4.84. The van der Waals surface area contributed by atoms with Crippen molar-refractivity contribution in [2.24, 2.45) is 0 Å². The Balaban J connectivity index is 1.74. The lowest BCUT2D eigenvalue weighted by molar-refractivity contribution is 0.100. The molecule has 0 spiro atoms. The Hall–Kier alpha value is -1.55. The number of aryl methyl sites for hydroxylation is 1. The summed E-state index contributed by atoms with van der Waals surface area (Å²) in [6, 6.07) is 4.04. The van der Waals surface area contributed by atoms with Crippen molar-refractivity contribution in [2.75, 3.05) is 18.4 Å². The summed E-state index contributed by atoms with van der Waals surface area (Å²) >= 11 is 0. The molecular weight excluding hydrogens is 214 g/mol. The average molecular weight is 231 g/mol. The molecule has 4 heteroatoms. The zero-order chi connectivity index (χ0) is 11.8. The molecule has 1 fully saturated rings. The second kappa shape index (κ2) is 4.04. The fourth-order valence-electron chi connectivity index (χ4n) is 2.38. The summed E-state index contributed by atoms with van der Waals surface area (Å²) < 4.78 is 0. The molecule has 1 atom stereocenters. The topological polar surface area (TPSA) is 48.4 Å². The van der Waals surface area contributed by atoms with Gasteiger partial charge in [-0.2, -0.15) is 0 Å². The third-order valence-corrected chi connectivity index (χ3v) is 3.43. The summed E-state index contributed by atoms with van der Waals surface area (Å²) in [6.45, 7) is 3.96. The Kier molecular flexibility index (Phi) is 2.52. The first kappa shape index (κ1) is 10.6. The van der Waals surface area contributed by atoms with Crippen LogP contribution in [0.4, 0.5) is 5.82 Å². The van der Waals surface area contributed by atoms with Gasteiger partial charge in [-0.3, -0.25) is 0 Å². The van der Waals surface area contributed by atoms with E-state index in [0.29, 0.717) is 0 Å². The number of hydrogen-bond acceptors (Lipinski definition) is 4. The fourth-order valence-corrected chi connectivity index (χ4v) is 2.38. The lowest BCUT2D eigenvalue weighted by atomic mass is 9.97. The van der Waals surface area contributed by atoms with Gasteiger partial charge in [-0.1, -0.05) is 6.07 Å². The highest BCUT2D eigenvalue weighted by atomic mass is 16.3. The van der Waals surface area contributed by atoms with Crippen LogP contribution in [0.15, 0.2) is 29.7 Å². The number of piperidine rings is 1. The quantitative estimate of drug-likeness (QED) is 0.809. The van der Waals surface area contributed by atoms with Gasteiger partial charge in [0, 0.05) is 24.9 Å². The minimum Gasteiger partial charge on any atom is -0.393 e. The predicted octanol–water partition coefficient (Wildman–Crippen LogP) is 1.48. The fraction of sp³-hybridized carbons (Fsp3) is 0.462. The van der Waals surface area contributed by atoms with E-state index in [1.807, 2.05) is 25.3 Å². The van der Waals surface area contributed by atoms with E-state index in [-0.39, 0.29) is 6.10 Å². The smallest absolute Gasteiger partial charge is 0.130 e. The van der Waals surface area contributed by atoms with Crippen LogP contribution in [0.1, 0.15) is 18.4 Å². The molecule has 0 radical (unpaired) electrons. The van der Waals surface area contributed by atoms with Gasteiger partial charge in [-0.25, -0.2) is 4.98 Å². The molecule has 2 N–H and O–H groups in total. The number of aliphatic hydroxyl groups excluding tert-OH is 1. The van der Waals surface area contributed by atoms with Crippen LogP contribution in [-0.4, -0.2) is 34.2 Å². The average Bonchev–Trinajstić information content (AvgIpc) is 2.31. The van der Waals surface area contributed by atoms with Crippen molar-refractivity contribution in [2.45, 2.75) is 25.9 Å². The van der Waals surface area contributed by atoms with Crippen molar-refractivity contribution < 1.29 is 5.11 Å². The number of nitrogens with one attached hydrogen (secondary N) is 1. The highest BCUT2D eigenvalue weighted by Crippen LogP contribution is 2.32. The molecule has 1 aromatic rings. The van der Waals surface area contributed by atoms with Gasteiger partial charge < -0.3 is 15.3 Å². The Morgan fingerprint density at radius 3 is 3.12 bits per heavy atom. The maximum absolute atomic E-state index is 9.65. The SMILES string of the molecule is Cc1ccc(NC2=C3CC(O)CCN3C2)nc1. The highest BCUT2D eigenvalue weighted by molar-refractivity contribution is 5.47. The normalized spacial score (nSPS) is 23.2. The van der Waals surface area contributed by atoms with E-state index >= 15 is 0 Å². The van der Waals surface area contributed by atoms with Crippen molar-refractivity contribution in [3.05, 3.63) is 35.3 Å². The molecule has 3 heterocycles. The molecule has 1 aromatic heterocycles. The molecule has 0 amide bonds. The van der Waals surface area contributed by atoms with Gasteiger partial charge in [0.05, 0.1) is 18.3 Å². The molecule has 17 heavy (non-hydrogen) atoms. The van der Waals surface area contributed by atoms with Crippen LogP contribution in [0.25, 0.3) is 0 Å². The third-order valence-electron chi connectivity index (χ3n) is 3.43. The first-order chi connectivity index (χ1) is 8.22. The number of anilines is 1. The second-order valence-electron chi connectivity index (χ2n) is 4.84. The van der Waals surface area contributed by atoms with Gasteiger partial charge >= 0.3 is 0 Å². The van der Waals surface area contributed by atoms with E-state index in [1.54, 1.807) is 0 Å². The maximum Gasteiger partial charge on any atom is 0.130 e. The molecule has 1 saturated heterocycles. The van der Waals surface area contributed by atoms with Crippen LogP contribution >= 0.6 is 0 Å². The Bertz CT molecular complexity index is 452. The minimum atomic E-state index is -0.177. The number of aliphatic hydroxyl groups is 1. The molecule has 2 aliphatic rings. The molecule has 1 unspecified atom stereocenters. The largest absolute Gasteiger partial charge is 0.393 e. The van der Waals surface area contributed by atoms with Crippen LogP contribution in [0.2, 0.25) is 0 Å². The molecule has 4 nitrogen and oxygen atoms in total. The van der Waals surface area contributed by atoms with Gasteiger partial charge in [0.25, 0.3) is 0 Å². The highest BCUT2D eigenvalue weighted by Gasteiger charge is 2.31. The van der Waals surface area contributed by atoms with Crippen molar-refractivity contribution in [3.63, 3.8) is 0 Å². The standard InChI is InChI=1S/C13H17N3O/c1-9-2-3-13(14-7-9)15-11-8-16-5-4-10(17)6-12(11)16/h2-3,7,10,17H,4-6,8H2,1H3,(H,14,15). The summed E-state index contributed by atoms with van der Waals surface area (Å²) in [7, 11) is 0. The molecule has 90 valence electrons. The molecule has 3 rings (SSSR count). The Labute approximate surface area is 101 Å². The van der Waals surface area contributed by atoms with Gasteiger partial charge in [0.1, 0.15) is 5.82 Å². The lowest BCUT2D eigenvalue weighted by Crippen LogP contribution is -2.45. The van der Waals surface area contributed by atoms with Crippen LogP contribution in [0, 0.1) is 6.92 Å². The first-order valence-corrected chi connectivity index (χ1v) is 6.07. The third kappa shape index (κ3) is 2.00. The van der Waals surface area contributed by atoms with E-state index in [1.165, 1.54) is 11.4 Å². The predicted molar refractivity (Wildman–Crippen MR) is 66.4 cm³/mol. The van der Waals surface area contributed by atoms with Crippen molar-refractivity contribution in [1.82, 2.24) is 9.88 Å². The Morgan fingerprint density at radius 2 is 2.35 bits per heavy atom.